The smallest absolute Gasteiger partial charge is 0.373 e. The molecule has 0 spiro atoms. The second kappa shape index (κ2) is 7.97. The Labute approximate surface area is 111 Å². The van der Waals surface area contributed by atoms with Crippen LogP contribution in [0.2, 0.25) is 0 Å². The molecule has 0 amide bonds. The average molecular weight is 270 g/mol. The van der Waals surface area contributed by atoms with Crippen LogP contribution in [0.25, 0.3) is 0 Å². The maximum absolute atomic E-state index is 8.12. The van der Waals surface area contributed by atoms with Crippen molar-refractivity contribution >= 4 is 22.6 Å². The second-order valence-electron chi connectivity index (χ2n) is 4.00. The number of rotatable bonds is 3. The number of aryl methyl sites for hydroxylation is 1. The summed E-state index contributed by atoms with van der Waals surface area (Å²) in [6.45, 7) is 4.26. The van der Waals surface area contributed by atoms with Gasteiger partial charge in [-0.3, -0.25) is 0 Å². The number of methoxy groups -OCH3 is 1. The molecule has 1 atom stereocenters. The average Bonchev–Trinajstić information content (AvgIpc) is 2.88. The van der Waals surface area contributed by atoms with Gasteiger partial charge in [0.25, 0.3) is 0 Å². The van der Waals surface area contributed by atoms with Crippen LogP contribution in [0, 0.1) is 0 Å². The third kappa shape index (κ3) is 4.22. The van der Waals surface area contributed by atoms with Gasteiger partial charge in [0.1, 0.15) is 0 Å². The zero-order valence-corrected chi connectivity index (χ0v) is 11.5. The molecule has 1 aliphatic rings. The molecule has 0 N–H and O–H groups in total. The molecule has 0 aliphatic carbocycles. The molecule has 5 nitrogen and oxygen atoms in total. The van der Waals surface area contributed by atoms with Crippen molar-refractivity contribution in [2.24, 2.45) is 0 Å². The first-order valence-corrected chi connectivity index (χ1v) is 6.84. The van der Waals surface area contributed by atoms with Crippen LogP contribution in [-0.4, -0.2) is 37.4 Å². The first-order valence-electron chi connectivity index (χ1n) is 5.96. The molecular weight excluding hydrogens is 252 g/mol. The zero-order chi connectivity index (χ0) is 13.4. The van der Waals surface area contributed by atoms with Crippen LogP contribution in [0.15, 0.2) is 5.38 Å². The summed E-state index contributed by atoms with van der Waals surface area (Å²) in [5.41, 5.74) is 1.20. The highest BCUT2D eigenvalue weighted by Crippen LogP contribution is 2.24. The summed E-state index contributed by atoms with van der Waals surface area (Å²) >= 11 is 1.75. The van der Waals surface area contributed by atoms with Crippen molar-refractivity contribution in [2.45, 2.75) is 32.3 Å². The van der Waals surface area contributed by atoms with E-state index >= 15 is 0 Å². The number of piperidine rings is 1. The van der Waals surface area contributed by atoms with Gasteiger partial charge in [-0.2, -0.15) is 9.59 Å². The summed E-state index contributed by atoms with van der Waals surface area (Å²) in [6.07, 6.45) is 4.05. The van der Waals surface area contributed by atoms with Gasteiger partial charge in [-0.15, -0.1) is 11.3 Å². The summed E-state index contributed by atoms with van der Waals surface area (Å²) in [5.74, 6) is 0. The summed E-state index contributed by atoms with van der Waals surface area (Å²) in [6, 6.07) is 0. The molecule has 18 heavy (non-hydrogen) atoms. The van der Waals surface area contributed by atoms with Gasteiger partial charge in [0.2, 0.25) is 0 Å². The molecule has 1 saturated heterocycles. The summed E-state index contributed by atoms with van der Waals surface area (Å²) in [5, 5.41) is 3.32. The molecule has 1 aromatic rings. The van der Waals surface area contributed by atoms with E-state index in [4.69, 9.17) is 14.3 Å². The minimum atomic E-state index is 0.250. The van der Waals surface area contributed by atoms with Crippen LogP contribution >= 0.6 is 11.3 Å². The predicted molar refractivity (Wildman–Crippen MR) is 68.7 cm³/mol. The highest BCUT2D eigenvalue weighted by atomic mass is 32.1. The molecule has 1 aromatic heterocycles. The van der Waals surface area contributed by atoms with E-state index < -0.39 is 0 Å². The van der Waals surface area contributed by atoms with Crippen molar-refractivity contribution < 1.29 is 14.3 Å². The molecule has 0 aromatic carbocycles. The van der Waals surface area contributed by atoms with Gasteiger partial charge in [0, 0.05) is 25.6 Å². The standard InChI is InChI=1S/C11H18N2OS.CO2/c1-3-9-8-15-11(12-9)13-6-4-5-10(7-13)14-2;2-1-3/h8,10H,3-7H2,1-2H3;/t10-;/m0./s1. The Kier molecular flexibility index (Phi) is 6.57. The fourth-order valence-electron chi connectivity index (χ4n) is 1.91. The largest absolute Gasteiger partial charge is 0.380 e. The maximum Gasteiger partial charge on any atom is 0.373 e. The number of anilines is 1. The molecule has 100 valence electrons. The van der Waals surface area contributed by atoms with Crippen LogP contribution in [-0.2, 0) is 20.7 Å². The number of ether oxygens (including phenoxy) is 1. The zero-order valence-electron chi connectivity index (χ0n) is 10.7. The lowest BCUT2D eigenvalue weighted by atomic mass is 10.1. The van der Waals surface area contributed by atoms with E-state index in [1.807, 2.05) is 0 Å². The van der Waals surface area contributed by atoms with E-state index in [0.717, 1.165) is 24.6 Å². The fraction of sp³-hybridized carbons (Fsp3) is 0.667. The minimum Gasteiger partial charge on any atom is -0.380 e. The topological polar surface area (TPSA) is 59.5 Å². The SMILES string of the molecule is CCc1csc(N2CCC[C@H](OC)C2)n1.O=C=O. The molecule has 0 unspecified atom stereocenters. The fourth-order valence-corrected chi connectivity index (χ4v) is 2.85. The Morgan fingerprint density at radius 2 is 2.33 bits per heavy atom. The van der Waals surface area contributed by atoms with Crippen molar-refractivity contribution in [1.82, 2.24) is 4.98 Å². The van der Waals surface area contributed by atoms with Gasteiger partial charge in [-0.25, -0.2) is 4.98 Å². The number of nitrogens with zero attached hydrogens (tertiary/aromatic N) is 2. The van der Waals surface area contributed by atoms with Crippen LogP contribution in [0.5, 0.6) is 0 Å². The minimum absolute atomic E-state index is 0.250. The number of aromatic nitrogens is 1. The molecule has 0 radical (unpaired) electrons. The Hall–Kier alpha value is -1.23. The molecule has 0 saturated carbocycles. The number of hydrogen-bond acceptors (Lipinski definition) is 6. The second-order valence-corrected chi connectivity index (χ2v) is 4.84. The first kappa shape index (κ1) is 14.8. The van der Waals surface area contributed by atoms with E-state index in [1.165, 1.54) is 18.5 Å². The maximum atomic E-state index is 8.12. The molecular formula is C12H18N2O3S. The Bertz CT molecular complexity index is 388. The Morgan fingerprint density at radius 1 is 1.61 bits per heavy atom. The third-order valence-electron chi connectivity index (χ3n) is 2.88. The van der Waals surface area contributed by atoms with E-state index in [9.17, 15) is 0 Å². The predicted octanol–water partition coefficient (Wildman–Crippen LogP) is 1.74. The lowest BCUT2D eigenvalue weighted by Crippen LogP contribution is -2.39. The molecule has 0 bridgehead atoms. The summed E-state index contributed by atoms with van der Waals surface area (Å²) in [4.78, 5) is 23.2. The van der Waals surface area contributed by atoms with Gasteiger partial charge < -0.3 is 9.64 Å². The van der Waals surface area contributed by atoms with Crippen LogP contribution < -0.4 is 4.90 Å². The number of hydrogen-bond donors (Lipinski definition) is 0. The summed E-state index contributed by atoms with van der Waals surface area (Å²) < 4.78 is 5.41. The van der Waals surface area contributed by atoms with E-state index in [2.05, 4.69) is 22.2 Å². The van der Waals surface area contributed by atoms with Crippen LogP contribution in [0.4, 0.5) is 5.13 Å². The van der Waals surface area contributed by atoms with Crippen molar-refractivity contribution in [3.05, 3.63) is 11.1 Å². The normalized spacial score (nSPS) is 18.8. The van der Waals surface area contributed by atoms with Gasteiger partial charge in [-0.1, -0.05) is 6.92 Å². The lowest BCUT2D eigenvalue weighted by Gasteiger charge is -2.31. The van der Waals surface area contributed by atoms with Gasteiger partial charge in [0.05, 0.1) is 11.8 Å². The molecule has 1 aliphatic heterocycles. The number of thiazole rings is 1. The van der Waals surface area contributed by atoms with Crippen molar-refractivity contribution in [2.75, 3.05) is 25.1 Å². The summed E-state index contributed by atoms with van der Waals surface area (Å²) in [7, 11) is 1.80. The molecule has 2 heterocycles. The van der Waals surface area contributed by atoms with E-state index in [1.54, 1.807) is 18.4 Å². The van der Waals surface area contributed by atoms with Crippen LogP contribution in [0.1, 0.15) is 25.5 Å². The first-order chi connectivity index (χ1) is 8.74. The van der Waals surface area contributed by atoms with Crippen LogP contribution in [0.3, 0.4) is 0 Å². The Balaban J connectivity index is 0.000000492. The molecule has 6 heteroatoms. The Morgan fingerprint density at radius 3 is 2.89 bits per heavy atom. The third-order valence-corrected chi connectivity index (χ3v) is 3.83. The molecule has 2 rings (SSSR count). The van der Waals surface area contributed by atoms with Gasteiger partial charge in [-0.05, 0) is 19.3 Å². The van der Waals surface area contributed by atoms with Gasteiger partial charge in [0.15, 0.2) is 5.13 Å². The highest BCUT2D eigenvalue weighted by Gasteiger charge is 2.21. The lowest BCUT2D eigenvalue weighted by molar-refractivity contribution is -0.191. The van der Waals surface area contributed by atoms with E-state index in [-0.39, 0.29) is 6.15 Å². The van der Waals surface area contributed by atoms with E-state index in [0.29, 0.717) is 6.10 Å². The monoisotopic (exact) mass is 270 g/mol. The van der Waals surface area contributed by atoms with Crippen molar-refractivity contribution in [1.29, 1.82) is 0 Å². The van der Waals surface area contributed by atoms with Crippen molar-refractivity contribution in [3.63, 3.8) is 0 Å². The number of carbonyl (C=O) groups excluding carboxylic acids is 2. The quantitative estimate of drug-likeness (QED) is 0.837. The van der Waals surface area contributed by atoms with Gasteiger partial charge >= 0.3 is 6.15 Å². The highest BCUT2D eigenvalue weighted by molar-refractivity contribution is 7.13. The van der Waals surface area contributed by atoms with Crippen molar-refractivity contribution in [3.8, 4) is 0 Å². The molecule has 1 fully saturated rings.